The third kappa shape index (κ3) is 7.43. The summed E-state index contributed by atoms with van der Waals surface area (Å²) in [5, 5.41) is 0. The van der Waals surface area contributed by atoms with Gasteiger partial charge >= 0.3 is 18.0 Å². The molecule has 0 N–H and O–H groups in total. The summed E-state index contributed by atoms with van der Waals surface area (Å²) in [4.78, 5) is 12.7. The highest BCUT2D eigenvalue weighted by Crippen LogP contribution is 2.20. The third-order valence-electron chi connectivity index (χ3n) is 4.49. The van der Waals surface area contributed by atoms with Crippen LogP contribution >= 0.6 is 0 Å². The van der Waals surface area contributed by atoms with E-state index < -0.39 is 0 Å². The second kappa shape index (κ2) is 9.48. The molecule has 3 saturated heterocycles. The van der Waals surface area contributed by atoms with Crippen molar-refractivity contribution in [2.75, 3.05) is 39.6 Å². The van der Waals surface area contributed by atoms with Gasteiger partial charge in [0, 0.05) is 0 Å². The van der Waals surface area contributed by atoms with E-state index in [1.54, 1.807) is 0 Å². The van der Waals surface area contributed by atoms with Crippen LogP contribution in [0.3, 0.4) is 0 Å². The Hall–Kier alpha value is -1.71. The predicted octanol–water partition coefficient (Wildman–Crippen LogP) is 1.54. The Morgan fingerprint density at radius 1 is 0.593 bits per heavy atom. The van der Waals surface area contributed by atoms with E-state index in [1.165, 1.54) is 0 Å². The lowest BCUT2D eigenvalue weighted by atomic mass is 10.3. The summed E-state index contributed by atoms with van der Waals surface area (Å²) in [7, 11) is 0. The van der Waals surface area contributed by atoms with Crippen LogP contribution in [0.1, 0.15) is 38.5 Å². The van der Waals surface area contributed by atoms with Gasteiger partial charge in [-0.1, -0.05) is 0 Å². The Bertz CT molecular complexity index is 499. The fraction of sp³-hybridized carbons (Fsp3) is 0.833. The molecule has 0 amide bonds. The Labute approximate surface area is 158 Å². The normalized spacial score (nSPS) is 25.1. The summed E-state index contributed by atoms with van der Waals surface area (Å²) in [6.07, 6.45) is 6.85. The van der Waals surface area contributed by atoms with Crippen LogP contribution in [-0.2, 0) is 14.2 Å². The molecule has 1 aromatic heterocycles. The zero-order chi connectivity index (χ0) is 18.3. The molecular weight excluding hydrogens is 354 g/mol. The zero-order valence-electron chi connectivity index (χ0n) is 15.5. The van der Waals surface area contributed by atoms with Crippen molar-refractivity contribution in [2.24, 2.45) is 0 Å². The summed E-state index contributed by atoms with van der Waals surface area (Å²) in [6, 6.07) is 0.716. The summed E-state index contributed by atoms with van der Waals surface area (Å²) >= 11 is 0. The quantitative estimate of drug-likeness (QED) is 0.330. The molecule has 0 saturated carbocycles. The highest BCUT2D eigenvalue weighted by atomic mass is 16.6. The van der Waals surface area contributed by atoms with E-state index in [2.05, 4.69) is 15.0 Å². The minimum atomic E-state index is 0.239. The van der Waals surface area contributed by atoms with Gasteiger partial charge in [-0.05, 0) is 38.5 Å². The van der Waals surface area contributed by atoms with Crippen LogP contribution in [-0.4, -0.2) is 72.9 Å². The van der Waals surface area contributed by atoms with Crippen molar-refractivity contribution in [1.82, 2.24) is 15.0 Å². The molecule has 0 aliphatic carbocycles. The lowest BCUT2D eigenvalue weighted by molar-refractivity contribution is 0.223. The van der Waals surface area contributed by atoms with Crippen LogP contribution in [0.2, 0.25) is 0 Å². The SMILES string of the molecule is C(COc1nc(OCCCC2CO2)nc(OCCCC2CO2)n1)CC1CO1. The molecule has 3 aliphatic rings. The average Bonchev–Trinajstić information content (AvgIpc) is 3.53. The second-order valence-corrected chi connectivity index (χ2v) is 7.02. The number of hydrogen-bond donors (Lipinski definition) is 0. The van der Waals surface area contributed by atoms with Crippen LogP contribution in [0.5, 0.6) is 18.0 Å². The van der Waals surface area contributed by atoms with Gasteiger partial charge in [-0.2, -0.15) is 0 Å². The van der Waals surface area contributed by atoms with E-state index in [9.17, 15) is 0 Å². The van der Waals surface area contributed by atoms with Crippen LogP contribution in [0.4, 0.5) is 0 Å². The molecule has 0 spiro atoms. The molecule has 9 nitrogen and oxygen atoms in total. The Kier molecular flexibility index (Phi) is 6.54. The van der Waals surface area contributed by atoms with Crippen molar-refractivity contribution in [3.05, 3.63) is 0 Å². The van der Waals surface area contributed by atoms with Gasteiger partial charge in [0.2, 0.25) is 0 Å². The van der Waals surface area contributed by atoms with Gasteiger partial charge in [-0.15, -0.1) is 15.0 Å². The smallest absolute Gasteiger partial charge is 0.325 e. The topological polar surface area (TPSA) is 104 Å². The van der Waals surface area contributed by atoms with E-state index in [0.29, 0.717) is 38.1 Å². The molecule has 3 atom stereocenters. The van der Waals surface area contributed by atoms with Gasteiger partial charge < -0.3 is 28.4 Å². The Morgan fingerprint density at radius 3 is 1.15 bits per heavy atom. The molecule has 1 aromatic rings. The molecule has 0 radical (unpaired) electrons. The minimum Gasteiger partial charge on any atom is -0.463 e. The summed E-state index contributed by atoms with van der Waals surface area (Å²) in [5.74, 6) is 0. The second-order valence-electron chi connectivity index (χ2n) is 7.02. The van der Waals surface area contributed by atoms with Crippen molar-refractivity contribution < 1.29 is 28.4 Å². The first-order valence-corrected chi connectivity index (χ1v) is 9.84. The summed E-state index contributed by atoms with van der Waals surface area (Å²) in [6.45, 7) is 4.17. The molecule has 3 unspecified atom stereocenters. The molecule has 9 heteroatoms. The average molecular weight is 381 g/mol. The summed E-state index contributed by atoms with van der Waals surface area (Å²) < 4.78 is 32.6. The largest absolute Gasteiger partial charge is 0.463 e. The molecule has 3 aliphatic heterocycles. The highest BCUT2D eigenvalue weighted by molar-refractivity contribution is 5.09. The first kappa shape index (κ1) is 18.6. The van der Waals surface area contributed by atoms with Gasteiger partial charge in [0.1, 0.15) is 0 Å². The predicted molar refractivity (Wildman–Crippen MR) is 93.2 cm³/mol. The maximum absolute atomic E-state index is 5.66. The molecule has 3 fully saturated rings. The lowest BCUT2D eigenvalue weighted by Crippen LogP contribution is -2.10. The standard InChI is InChI=1S/C18H27N3O6/c1(4-13-10-25-13)7-22-16-19-17(23-8-2-5-14-11-26-14)21-18(20-16)24-9-3-6-15-12-27-15/h13-15H,1-12H2. The van der Waals surface area contributed by atoms with Crippen molar-refractivity contribution in [3.63, 3.8) is 0 Å². The van der Waals surface area contributed by atoms with Crippen molar-refractivity contribution in [3.8, 4) is 18.0 Å². The highest BCUT2D eigenvalue weighted by Gasteiger charge is 2.23. The van der Waals surface area contributed by atoms with E-state index >= 15 is 0 Å². The van der Waals surface area contributed by atoms with Gasteiger partial charge in [-0.3, -0.25) is 0 Å². The van der Waals surface area contributed by atoms with Crippen LogP contribution < -0.4 is 14.2 Å². The maximum atomic E-state index is 5.66. The van der Waals surface area contributed by atoms with Gasteiger partial charge in [0.25, 0.3) is 0 Å². The number of epoxide rings is 3. The summed E-state index contributed by atoms with van der Waals surface area (Å²) in [5.41, 5.74) is 0. The molecule has 0 aromatic carbocycles. The fourth-order valence-electron chi connectivity index (χ4n) is 2.64. The maximum Gasteiger partial charge on any atom is 0.325 e. The fourth-order valence-corrected chi connectivity index (χ4v) is 2.64. The molecule has 4 rings (SSSR count). The van der Waals surface area contributed by atoms with Crippen LogP contribution in [0.25, 0.3) is 0 Å². The lowest BCUT2D eigenvalue weighted by Gasteiger charge is -2.09. The van der Waals surface area contributed by atoms with E-state index in [-0.39, 0.29) is 18.0 Å². The molecule has 27 heavy (non-hydrogen) atoms. The van der Waals surface area contributed by atoms with Gasteiger partial charge in [0.15, 0.2) is 0 Å². The van der Waals surface area contributed by atoms with E-state index in [1.807, 2.05) is 0 Å². The van der Waals surface area contributed by atoms with Crippen molar-refractivity contribution in [1.29, 1.82) is 0 Å². The number of nitrogens with zero attached hydrogens (tertiary/aromatic N) is 3. The van der Waals surface area contributed by atoms with Crippen LogP contribution in [0, 0.1) is 0 Å². The van der Waals surface area contributed by atoms with Gasteiger partial charge in [0.05, 0.1) is 58.0 Å². The first-order valence-electron chi connectivity index (χ1n) is 9.84. The van der Waals surface area contributed by atoms with Gasteiger partial charge in [-0.25, -0.2) is 0 Å². The molecule has 4 heterocycles. The first-order chi connectivity index (χ1) is 13.3. The van der Waals surface area contributed by atoms with Crippen molar-refractivity contribution >= 4 is 0 Å². The molecule has 0 bridgehead atoms. The Balaban J connectivity index is 1.24. The van der Waals surface area contributed by atoms with Crippen molar-refractivity contribution in [2.45, 2.75) is 56.8 Å². The number of rotatable bonds is 15. The molecule has 150 valence electrons. The van der Waals surface area contributed by atoms with E-state index in [4.69, 9.17) is 28.4 Å². The molecular formula is C18H27N3O6. The third-order valence-corrected chi connectivity index (χ3v) is 4.49. The monoisotopic (exact) mass is 381 g/mol. The van der Waals surface area contributed by atoms with E-state index in [0.717, 1.165) is 58.3 Å². The van der Waals surface area contributed by atoms with Crippen LogP contribution in [0.15, 0.2) is 0 Å². The minimum absolute atomic E-state index is 0.239. The Morgan fingerprint density at radius 2 is 0.889 bits per heavy atom. The zero-order valence-corrected chi connectivity index (χ0v) is 15.5. The number of hydrogen-bond acceptors (Lipinski definition) is 9. The number of aromatic nitrogens is 3. The number of ether oxygens (including phenoxy) is 6.